The van der Waals surface area contributed by atoms with Crippen molar-refractivity contribution in [2.75, 3.05) is 6.61 Å². The van der Waals surface area contributed by atoms with E-state index < -0.39 is 0 Å². The van der Waals surface area contributed by atoms with Gasteiger partial charge in [-0.3, -0.25) is 0 Å². The Hall–Kier alpha value is 0.137. The van der Waals surface area contributed by atoms with Crippen LogP contribution in [0.5, 0.6) is 0 Å². The Kier molecular flexibility index (Phi) is 19.7. The normalized spacial score (nSPS) is 13.7. The quantitative estimate of drug-likeness (QED) is 0.121. The summed E-state index contributed by atoms with van der Waals surface area (Å²) >= 11 is 0. The molecule has 31 heavy (non-hydrogen) atoms. The highest BCUT2D eigenvalue weighted by atomic mass is 28.2. The number of rotatable bonds is 22. The van der Waals surface area contributed by atoms with Crippen LogP contribution in [-0.2, 0) is 9.16 Å². The topological polar surface area (TPSA) is 18.5 Å². The van der Waals surface area contributed by atoms with Crippen LogP contribution in [0.4, 0.5) is 0 Å². The van der Waals surface area contributed by atoms with Gasteiger partial charge in [0.15, 0.2) is 0 Å². The van der Waals surface area contributed by atoms with Crippen LogP contribution >= 0.6 is 0 Å². The highest BCUT2D eigenvalue weighted by molar-refractivity contribution is 5.98. The number of hydrogen-bond acceptors (Lipinski definition) is 2. The molecule has 0 aliphatic heterocycles. The summed E-state index contributed by atoms with van der Waals surface area (Å²) in [6, 6.07) is 0. The number of hydrogen-bond donors (Lipinski definition) is 0. The summed E-state index contributed by atoms with van der Waals surface area (Å²) in [4.78, 5) is 0. The zero-order chi connectivity index (χ0) is 23.5. The second-order valence-electron chi connectivity index (χ2n) is 11.2. The summed E-state index contributed by atoms with van der Waals surface area (Å²) in [6.07, 6.45) is 19.8. The molecule has 0 rings (SSSR count). The third-order valence-electron chi connectivity index (χ3n) is 6.87. The first kappa shape index (κ1) is 31.1. The lowest BCUT2D eigenvalue weighted by atomic mass is 9.82. The molecule has 0 saturated heterocycles. The fourth-order valence-electron chi connectivity index (χ4n) is 4.85. The van der Waals surface area contributed by atoms with Crippen molar-refractivity contribution in [3.8, 4) is 0 Å². The number of ether oxygens (including phenoxy) is 1. The SMILES string of the molecule is CCOC(CCCCCC(C)C)C(CCCCCC(C)C)(CCCCCC(C)C)O[SiH3]. The average molecular weight is 457 g/mol. The Balaban J connectivity index is 4.92. The summed E-state index contributed by atoms with van der Waals surface area (Å²) in [5.41, 5.74) is -0.0318. The maximum atomic E-state index is 6.52. The van der Waals surface area contributed by atoms with E-state index in [0.29, 0.717) is 0 Å². The van der Waals surface area contributed by atoms with Crippen LogP contribution in [0.1, 0.15) is 145 Å². The van der Waals surface area contributed by atoms with Crippen molar-refractivity contribution >= 4 is 10.5 Å². The molecular weight excluding hydrogens is 396 g/mol. The van der Waals surface area contributed by atoms with Crippen LogP contribution in [0, 0.1) is 17.8 Å². The highest BCUT2D eigenvalue weighted by Gasteiger charge is 2.37. The Morgan fingerprint density at radius 2 is 0.968 bits per heavy atom. The first-order valence-corrected chi connectivity index (χ1v) is 14.8. The fourth-order valence-corrected chi connectivity index (χ4v) is 5.52. The smallest absolute Gasteiger partial charge is 0.146 e. The third kappa shape index (κ3) is 16.4. The van der Waals surface area contributed by atoms with Gasteiger partial charge in [0, 0.05) is 6.61 Å². The van der Waals surface area contributed by atoms with Gasteiger partial charge in [-0.15, -0.1) is 0 Å². The molecule has 2 nitrogen and oxygen atoms in total. The van der Waals surface area contributed by atoms with Crippen molar-refractivity contribution in [3.05, 3.63) is 0 Å². The lowest BCUT2D eigenvalue weighted by Crippen LogP contribution is -2.46. The van der Waals surface area contributed by atoms with Gasteiger partial charge in [-0.25, -0.2) is 0 Å². The van der Waals surface area contributed by atoms with Crippen LogP contribution in [0.25, 0.3) is 0 Å². The van der Waals surface area contributed by atoms with Gasteiger partial charge >= 0.3 is 0 Å². The van der Waals surface area contributed by atoms with E-state index in [2.05, 4.69) is 48.5 Å². The molecular formula is C28H60O2Si. The monoisotopic (exact) mass is 456 g/mol. The minimum atomic E-state index is -0.0318. The van der Waals surface area contributed by atoms with Crippen LogP contribution in [-0.4, -0.2) is 28.8 Å². The molecule has 0 fully saturated rings. The lowest BCUT2D eigenvalue weighted by molar-refractivity contribution is -0.102. The van der Waals surface area contributed by atoms with E-state index in [1.807, 2.05) is 0 Å². The molecule has 0 heterocycles. The van der Waals surface area contributed by atoms with Crippen LogP contribution in [0.15, 0.2) is 0 Å². The molecule has 0 aromatic carbocycles. The van der Waals surface area contributed by atoms with E-state index in [9.17, 15) is 0 Å². The predicted molar refractivity (Wildman–Crippen MR) is 143 cm³/mol. The van der Waals surface area contributed by atoms with E-state index in [4.69, 9.17) is 9.16 Å². The van der Waals surface area contributed by atoms with Gasteiger partial charge < -0.3 is 9.16 Å². The molecule has 0 spiro atoms. The van der Waals surface area contributed by atoms with E-state index >= 15 is 0 Å². The van der Waals surface area contributed by atoms with Crippen molar-refractivity contribution in [2.24, 2.45) is 17.8 Å². The number of unbranched alkanes of at least 4 members (excludes halogenated alkanes) is 6. The highest BCUT2D eigenvalue weighted by Crippen LogP contribution is 2.34. The molecule has 3 heteroatoms. The molecule has 0 aromatic rings. The van der Waals surface area contributed by atoms with E-state index in [0.717, 1.165) is 34.8 Å². The Morgan fingerprint density at radius 1 is 0.581 bits per heavy atom. The molecule has 0 radical (unpaired) electrons. The molecule has 188 valence electrons. The molecule has 0 aromatic heterocycles. The zero-order valence-electron chi connectivity index (χ0n) is 22.9. The van der Waals surface area contributed by atoms with Crippen molar-refractivity contribution in [1.82, 2.24) is 0 Å². The molecule has 0 aliphatic carbocycles. The molecule has 1 atom stereocenters. The van der Waals surface area contributed by atoms with Gasteiger partial charge in [0.25, 0.3) is 0 Å². The lowest BCUT2D eigenvalue weighted by Gasteiger charge is -2.41. The maximum absolute atomic E-state index is 6.52. The zero-order valence-corrected chi connectivity index (χ0v) is 24.9. The van der Waals surface area contributed by atoms with E-state index in [1.165, 1.54) is 96.3 Å². The Labute approximate surface area is 200 Å². The van der Waals surface area contributed by atoms with Gasteiger partial charge in [0.1, 0.15) is 10.5 Å². The van der Waals surface area contributed by atoms with Gasteiger partial charge in [-0.05, 0) is 43.9 Å². The van der Waals surface area contributed by atoms with Gasteiger partial charge in [-0.1, -0.05) is 119 Å². The van der Waals surface area contributed by atoms with Crippen LogP contribution in [0.2, 0.25) is 0 Å². The Morgan fingerprint density at radius 3 is 1.32 bits per heavy atom. The molecule has 0 saturated carbocycles. The van der Waals surface area contributed by atoms with E-state index in [-0.39, 0.29) is 11.7 Å². The standard InChI is InChI=1S/C28H60O2Si/c1-8-29-27(21-15-9-12-18-24(2)3)28(30-31,22-16-10-13-19-25(4)5)23-17-11-14-20-26(6)7/h24-27H,8-23H2,1-7,31H3. The molecule has 0 amide bonds. The summed E-state index contributed by atoms with van der Waals surface area (Å²) < 4.78 is 12.9. The van der Waals surface area contributed by atoms with E-state index in [1.54, 1.807) is 0 Å². The predicted octanol–water partition coefficient (Wildman–Crippen LogP) is 8.25. The minimum absolute atomic E-state index is 0.0318. The second-order valence-corrected chi connectivity index (χ2v) is 11.6. The maximum Gasteiger partial charge on any atom is 0.146 e. The first-order valence-electron chi connectivity index (χ1n) is 13.9. The average Bonchev–Trinajstić information content (AvgIpc) is 2.70. The van der Waals surface area contributed by atoms with Gasteiger partial charge in [0.05, 0.1) is 11.7 Å². The molecule has 1 unspecified atom stereocenters. The first-order chi connectivity index (χ1) is 14.8. The summed E-state index contributed by atoms with van der Waals surface area (Å²) in [5, 5.41) is 0. The van der Waals surface area contributed by atoms with Crippen molar-refractivity contribution < 1.29 is 9.16 Å². The molecule has 0 aliphatic rings. The fraction of sp³-hybridized carbons (Fsp3) is 1.00. The van der Waals surface area contributed by atoms with Crippen molar-refractivity contribution in [1.29, 1.82) is 0 Å². The van der Waals surface area contributed by atoms with Crippen LogP contribution in [0.3, 0.4) is 0 Å². The van der Waals surface area contributed by atoms with Gasteiger partial charge in [-0.2, -0.15) is 0 Å². The van der Waals surface area contributed by atoms with Gasteiger partial charge in [0.2, 0.25) is 0 Å². The summed E-state index contributed by atoms with van der Waals surface area (Å²) in [6.45, 7) is 17.0. The molecule has 0 bridgehead atoms. The summed E-state index contributed by atoms with van der Waals surface area (Å²) in [5.74, 6) is 2.47. The largest absolute Gasteiger partial charge is 0.420 e. The van der Waals surface area contributed by atoms with Crippen LogP contribution < -0.4 is 0 Å². The second kappa shape index (κ2) is 19.6. The van der Waals surface area contributed by atoms with Crippen molar-refractivity contribution in [3.63, 3.8) is 0 Å². The minimum Gasteiger partial charge on any atom is -0.420 e. The van der Waals surface area contributed by atoms with Crippen molar-refractivity contribution in [2.45, 2.75) is 156 Å². The Bertz CT molecular complexity index is 363. The third-order valence-corrected chi connectivity index (χ3v) is 7.68. The molecule has 0 N–H and O–H groups in total. The summed E-state index contributed by atoms with van der Waals surface area (Å²) in [7, 11) is 0.812.